The molecule has 5 nitrogen and oxygen atoms in total. The van der Waals surface area contributed by atoms with Gasteiger partial charge in [-0.2, -0.15) is 0 Å². The average Bonchev–Trinajstić information content (AvgIpc) is 2.57. The van der Waals surface area contributed by atoms with Crippen molar-refractivity contribution in [1.82, 2.24) is 9.97 Å². The zero-order chi connectivity index (χ0) is 17.2. The zero-order valence-electron chi connectivity index (χ0n) is 14.1. The molecule has 24 heavy (non-hydrogen) atoms. The molecule has 0 bridgehead atoms. The van der Waals surface area contributed by atoms with E-state index in [9.17, 15) is 8.42 Å². The van der Waals surface area contributed by atoms with Gasteiger partial charge in [-0.1, -0.05) is 19.1 Å². The summed E-state index contributed by atoms with van der Waals surface area (Å²) < 4.78 is 23.0. The van der Waals surface area contributed by atoms with Crippen molar-refractivity contribution in [2.24, 2.45) is 5.92 Å². The second-order valence-corrected chi connectivity index (χ2v) is 8.71. The van der Waals surface area contributed by atoms with E-state index in [2.05, 4.69) is 22.2 Å². The number of hydrogen-bond acceptors (Lipinski definition) is 5. The largest absolute Gasteiger partial charge is 0.351 e. The second-order valence-electron chi connectivity index (χ2n) is 6.69. The van der Waals surface area contributed by atoms with Gasteiger partial charge in [0, 0.05) is 30.3 Å². The van der Waals surface area contributed by atoms with Gasteiger partial charge in [-0.25, -0.2) is 18.4 Å². The van der Waals surface area contributed by atoms with Crippen LogP contribution in [-0.4, -0.2) is 30.7 Å². The van der Waals surface area contributed by atoms with Gasteiger partial charge in [-0.15, -0.1) is 0 Å². The Kier molecular flexibility index (Phi) is 4.85. The van der Waals surface area contributed by atoms with Crippen LogP contribution in [0.15, 0.2) is 41.6 Å². The fraction of sp³-hybridized carbons (Fsp3) is 0.444. The molecule has 1 aromatic heterocycles. The van der Waals surface area contributed by atoms with E-state index in [0.29, 0.717) is 16.9 Å². The number of nitrogens with one attached hydrogen (secondary N) is 1. The summed E-state index contributed by atoms with van der Waals surface area (Å²) in [6.07, 6.45) is 9.59. The van der Waals surface area contributed by atoms with Gasteiger partial charge in [0.1, 0.15) is 0 Å². The summed E-state index contributed by atoms with van der Waals surface area (Å²) in [5, 5.41) is 3.41. The second kappa shape index (κ2) is 6.89. The Labute approximate surface area is 143 Å². The van der Waals surface area contributed by atoms with Crippen LogP contribution in [0.2, 0.25) is 0 Å². The van der Waals surface area contributed by atoms with Crippen LogP contribution in [0.3, 0.4) is 0 Å². The monoisotopic (exact) mass is 345 g/mol. The van der Waals surface area contributed by atoms with E-state index >= 15 is 0 Å². The van der Waals surface area contributed by atoms with Crippen molar-refractivity contribution in [2.45, 2.75) is 43.5 Å². The lowest BCUT2D eigenvalue weighted by atomic mass is 9.87. The van der Waals surface area contributed by atoms with Crippen LogP contribution in [0.1, 0.15) is 32.6 Å². The number of benzene rings is 1. The summed E-state index contributed by atoms with van der Waals surface area (Å²) in [7, 11) is -3.17. The third-order valence-electron chi connectivity index (χ3n) is 4.62. The Bertz CT molecular complexity index is 778. The van der Waals surface area contributed by atoms with Crippen molar-refractivity contribution in [3.63, 3.8) is 0 Å². The predicted octanol–water partition coefficient (Wildman–Crippen LogP) is 3.54. The van der Waals surface area contributed by atoms with Crippen LogP contribution in [0.5, 0.6) is 0 Å². The zero-order valence-corrected chi connectivity index (χ0v) is 14.9. The standard InChI is InChI=1S/C18H23N3O2S/c1-13-3-7-16(8-4-13)21-18-19-11-15(12-20-18)14-5-9-17(10-6-14)24(2,22)23/h5-6,9-13,16H,3-4,7-8H2,1-2H3,(H,19,20,21)/t13-,16-. The number of rotatable bonds is 4. The fourth-order valence-electron chi connectivity index (χ4n) is 3.03. The number of aromatic nitrogens is 2. The normalized spacial score (nSPS) is 21.4. The Balaban J connectivity index is 1.68. The van der Waals surface area contributed by atoms with E-state index < -0.39 is 9.84 Å². The molecule has 1 fully saturated rings. The maximum Gasteiger partial charge on any atom is 0.222 e. The summed E-state index contributed by atoms with van der Waals surface area (Å²) in [6, 6.07) is 7.25. The third kappa shape index (κ3) is 4.12. The van der Waals surface area contributed by atoms with Crippen LogP contribution in [-0.2, 0) is 9.84 Å². The highest BCUT2D eigenvalue weighted by molar-refractivity contribution is 7.90. The minimum Gasteiger partial charge on any atom is -0.351 e. The Hall–Kier alpha value is -1.95. The number of nitrogens with zero attached hydrogens (tertiary/aromatic N) is 2. The maximum atomic E-state index is 11.5. The van der Waals surface area contributed by atoms with Crippen LogP contribution in [0, 0.1) is 5.92 Å². The molecule has 0 atom stereocenters. The highest BCUT2D eigenvalue weighted by atomic mass is 32.2. The maximum absolute atomic E-state index is 11.5. The molecule has 1 heterocycles. The molecule has 0 spiro atoms. The van der Waals surface area contributed by atoms with Gasteiger partial charge in [-0.3, -0.25) is 0 Å². The SMILES string of the molecule is CS(=O)(=O)c1ccc(-c2cnc(N[C@H]3CC[C@H](C)CC3)nc2)cc1. The first-order valence-electron chi connectivity index (χ1n) is 8.31. The van der Waals surface area contributed by atoms with E-state index in [1.807, 2.05) is 0 Å². The molecule has 6 heteroatoms. The first-order chi connectivity index (χ1) is 11.4. The van der Waals surface area contributed by atoms with Gasteiger partial charge in [0.15, 0.2) is 9.84 Å². The molecule has 1 saturated carbocycles. The minimum absolute atomic E-state index is 0.317. The quantitative estimate of drug-likeness (QED) is 0.917. The summed E-state index contributed by atoms with van der Waals surface area (Å²) in [5.74, 6) is 1.48. The summed E-state index contributed by atoms with van der Waals surface area (Å²) >= 11 is 0. The van der Waals surface area contributed by atoms with Crippen LogP contribution < -0.4 is 5.32 Å². The van der Waals surface area contributed by atoms with E-state index in [0.717, 1.165) is 17.0 Å². The topological polar surface area (TPSA) is 72.0 Å². The van der Waals surface area contributed by atoms with Crippen molar-refractivity contribution in [2.75, 3.05) is 11.6 Å². The molecule has 0 aliphatic heterocycles. The first kappa shape index (κ1) is 16.9. The highest BCUT2D eigenvalue weighted by Crippen LogP contribution is 2.26. The minimum atomic E-state index is -3.17. The van der Waals surface area contributed by atoms with Crippen LogP contribution in [0.25, 0.3) is 11.1 Å². The molecule has 1 N–H and O–H groups in total. The smallest absolute Gasteiger partial charge is 0.222 e. The van der Waals surface area contributed by atoms with Gasteiger partial charge < -0.3 is 5.32 Å². The lowest BCUT2D eigenvalue weighted by molar-refractivity contribution is 0.360. The van der Waals surface area contributed by atoms with Gasteiger partial charge in [0.2, 0.25) is 5.95 Å². The first-order valence-corrected chi connectivity index (χ1v) is 10.2. The number of hydrogen-bond donors (Lipinski definition) is 1. The summed E-state index contributed by atoms with van der Waals surface area (Å²) in [6.45, 7) is 2.30. The highest BCUT2D eigenvalue weighted by Gasteiger charge is 2.18. The summed E-state index contributed by atoms with van der Waals surface area (Å²) in [5.41, 5.74) is 1.78. The van der Waals surface area contributed by atoms with Crippen LogP contribution >= 0.6 is 0 Å². The van der Waals surface area contributed by atoms with E-state index in [-0.39, 0.29) is 0 Å². The van der Waals surface area contributed by atoms with Gasteiger partial charge >= 0.3 is 0 Å². The molecule has 1 aliphatic rings. The molecule has 0 radical (unpaired) electrons. The van der Waals surface area contributed by atoms with Crippen molar-refractivity contribution in [3.8, 4) is 11.1 Å². The van der Waals surface area contributed by atoms with Gasteiger partial charge in [0.05, 0.1) is 4.90 Å². The molecule has 0 unspecified atom stereocenters. The number of anilines is 1. The molecule has 1 aliphatic carbocycles. The lowest BCUT2D eigenvalue weighted by Gasteiger charge is -2.26. The molecule has 128 valence electrons. The number of sulfone groups is 1. The molecule has 0 saturated heterocycles. The van der Waals surface area contributed by atoms with E-state index in [1.165, 1.54) is 31.9 Å². The Morgan fingerprint density at radius 3 is 2.08 bits per heavy atom. The molecule has 2 aromatic rings. The fourth-order valence-corrected chi connectivity index (χ4v) is 3.66. The van der Waals surface area contributed by atoms with Crippen molar-refractivity contribution >= 4 is 15.8 Å². The predicted molar refractivity (Wildman–Crippen MR) is 95.6 cm³/mol. The van der Waals surface area contributed by atoms with E-state index in [4.69, 9.17) is 0 Å². The van der Waals surface area contributed by atoms with E-state index in [1.54, 1.807) is 36.7 Å². The average molecular weight is 345 g/mol. The van der Waals surface area contributed by atoms with Gasteiger partial charge in [-0.05, 0) is 49.3 Å². The molecular formula is C18H23N3O2S. The molecule has 0 amide bonds. The van der Waals surface area contributed by atoms with Gasteiger partial charge in [0.25, 0.3) is 0 Å². The Morgan fingerprint density at radius 1 is 0.958 bits per heavy atom. The third-order valence-corrected chi connectivity index (χ3v) is 5.75. The Morgan fingerprint density at radius 2 is 1.54 bits per heavy atom. The summed E-state index contributed by atoms with van der Waals surface area (Å²) in [4.78, 5) is 9.11. The van der Waals surface area contributed by atoms with Crippen molar-refractivity contribution in [3.05, 3.63) is 36.7 Å². The molecule has 1 aromatic carbocycles. The molecule has 3 rings (SSSR count). The lowest BCUT2D eigenvalue weighted by Crippen LogP contribution is -2.26. The van der Waals surface area contributed by atoms with Crippen molar-refractivity contribution < 1.29 is 8.42 Å². The van der Waals surface area contributed by atoms with Crippen molar-refractivity contribution in [1.29, 1.82) is 0 Å². The van der Waals surface area contributed by atoms with Crippen LogP contribution in [0.4, 0.5) is 5.95 Å². The molecular weight excluding hydrogens is 322 g/mol.